The molecule has 1 aromatic heterocycles. The van der Waals surface area contributed by atoms with Crippen LogP contribution in [0, 0.1) is 0 Å². The molecule has 5 N–H and O–H groups in total. The van der Waals surface area contributed by atoms with Crippen LogP contribution in [-0.4, -0.2) is 34.6 Å². The van der Waals surface area contributed by atoms with Crippen molar-refractivity contribution in [2.75, 3.05) is 17.6 Å². The van der Waals surface area contributed by atoms with Crippen LogP contribution in [0.4, 0.5) is 11.5 Å². The number of carbonyl (C=O) groups is 2. The van der Waals surface area contributed by atoms with E-state index >= 15 is 0 Å². The van der Waals surface area contributed by atoms with E-state index in [1.54, 1.807) is 0 Å². The number of rotatable bonds is 6. The minimum Gasteiger partial charge on any atom is -0.478 e. The highest BCUT2D eigenvalue weighted by atomic mass is 16.4. The van der Waals surface area contributed by atoms with Gasteiger partial charge >= 0.3 is 5.97 Å². The van der Waals surface area contributed by atoms with Crippen LogP contribution < -0.4 is 16.4 Å². The van der Waals surface area contributed by atoms with Crippen LogP contribution in [0.2, 0.25) is 0 Å². The largest absolute Gasteiger partial charge is 0.478 e. The fourth-order valence-electron chi connectivity index (χ4n) is 1.49. The average Bonchev–Trinajstić information content (AvgIpc) is 2.30. The molecule has 0 spiro atoms. The van der Waals surface area contributed by atoms with Crippen LogP contribution in [0.3, 0.4) is 0 Å². The Morgan fingerprint density at radius 3 is 2.74 bits per heavy atom. The lowest BCUT2D eigenvalue weighted by Gasteiger charge is -2.11. The Labute approximate surface area is 111 Å². The normalized spacial score (nSPS) is 10.3. The number of carboxylic acid groups (broad SMARTS) is 1. The molecule has 1 amide bonds. The maximum atomic E-state index is 11.4. The lowest BCUT2D eigenvalue weighted by molar-refractivity contribution is -0.121. The molecular weight excluding hydrogens is 248 g/mol. The summed E-state index contributed by atoms with van der Waals surface area (Å²) in [6.45, 7) is 4.08. The van der Waals surface area contributed by atoms with Gasteiger partial charge in [-0.2, -0.15) is 0 Å². The Hall–Kier alpha value is -2.31. The zero-order chi connectivity index (χ0) is 14.4. The van der Waals surface area contributed by atoms with E-state index in [9.17, 15) is 9.59 Å². The molecule has 0 aliphatic carbocycles. The number of amides is 1. The molecule has 0 atom stereocenters. The minimum atomic E-state index is -1.11. The van der Waals surface area contributed by atoms with Crippen LogP contribution in [0.1, 0.15) is 30.6 Å². The summed E-state index contributed by atoms with van der Waals surface area (Å²) < 4.78 is 0. The number of nitrogens with zero attached hydrogens (tertiary/aromatic N) is 1. The number of carboxylic acids is 1. The zero-order valence-corrected chi connectivity index (χ0v) is 10.9. The first-order valence-corrected chi connectivity index (χ1v) is 5.92. The van der Waals surface area contributed by atoms with Crippen LogP contribution in [0.25, 0.3) is 0 Å². The van der Waals surface area contributed by atoms with Gasteiger partial charge in [-0.3, -0.25) is 4.79 Å². The molecule has 1 rings (SSSR count). The van der Waals surface area contributed by atoms with Crippen molar-refractivity contribution in [2.45, 2.75) is 26.3 Å². The second-order valence-electron chi connectivity index (χ2n) is 4.32. The molecule has 104 valence electrons. The van der Waals surface area contributed by atoms with E-state index < -0.39 is 5.97 Å². The molecule has 0 aliphatic rings. The average molecular weight is 266 g/mol. The van der Waals surface area contributed by atoms with Crippen molar-refractivity contribution in [3.05, 3.63) is 17.8 Å². The van der Waals surface area contributed by atoms with Crippen molar-refractivity contribution in [1.82, 2.24) is 10.3 Å². The first-order chi connectivity index (χ1) is 8.91. The Morgan fingerprint density at radius 1 is 1.47 bits per heavy atom. The second-order valence-corrected chi connectivity index (χ2v) is 4.32. The number of hydrogen-bond donors (Lipinski definition) is 4. The lowest BCUT2D eigenvalue weighted by Crippen LogP contribution is -2.31. The summed E-state index contributed by atoms with van der Waals surface area (Å²) >= 11 is 0. The van der Waals surface area contributed by atoms with Crippen molar-refractivity contribution in [3.63, 3.8) is 0 Å². The molecule has 7 heteroatoms. The van der Waals surface area contributed by atoms with Crippen LogP contribution >= 0.6 is 0 Å². The molecule has 0 fully saturated rings. The van der Waals surface area contributed by atoms with Gasteiger partial charge < -0.3 is 21.5 Å². The van der Waals surface area contributed by atoms with Crippen molar-refractivity contribution in [1.29, 1.82) is 0 Å². The van der Waals surface area contributed by atoms with E-state index in [1.165, 1.54) is 12.3 Å². The number of nitrogens with one attached hydrogen (secondary N) is 2. The van der Waals surface area contributed by atoms with Gasteiger partial charge in [0.1, 0.15) is 5.82 Å². The molecule has 0 radical (unpaired) electrons. The molecule has 1 aromatic rings. The summed E-state index contributed by atoms with van der Waals surface area (Å²) in [7, 11) is 0. The van der Waals surface area contributed by atoms with E-state index in [0.29, 0.717) is 6.54 Å². The monoisotopic (exact) mass is 266 g/mol. The van der Waals surface area contributed by atoms with Gasteiger partial charge in [0.25, 0.3) is 0 Å². The Balaban J connectivity index is 2.57. The minimum absolute atomic E-state index is 0.0101. The number of aromatic nitrogens is 1. The quantitative estimate of drug-likeness (QED) is 0.601. The van der Waals surface area contributed by atoms with E-state index in [2.05, 4.69) is 15.6 Å². The number of pyridine rings is 1. The Bertz CT molecular complexity index is 474. The van der Waals surface area contributed by atoms with Gasteiger partial charge in [-0.25, -0.2) is 9.78 Å². The predicted molar refractivity (Wildman–Crippen MR) is 72.0 cm³/mol. The SMILES string of the molecule is CC(C)NC(=O)CCNc1nccc(C(=O)O)c1N. The third-order valence-corrected chi connectivity index (χ3v) is 2.31. The first kappa shape index (κ1) is 14.7. The maximum Gasteiger partial charge on any atom is 0.337 e. The van der Waals surface area contributed by atoms with Gasteiger partial charge in [-0.1, -0.05) is 0 Å². The molecule has 19 heavy (non-hydrogen) atoms. The molecule has 0 saturated carbocycles. The van der Waals surface area contributed by atoms with Gasteiger partial charge in [0.2, 0.25) is 5.91 Å². The van der Waals surface area contributed by atoms with E-state index in [1.807, 2.05) is 13.8 Å². The second kappa shape index (κ2) is 6.58. The Morgan fingerprint density at radius 2 is 2.16 bits per heavy atom. The number of anilines is 2. The summed E-state index contributed by atoms with van der Waals surface area (Å²) in [5.41, 5.74) is 5.73. The van der Waals surface area contributed by atoms with Crippen molar-refractivity contribution in [2.24, 2.45) is 0 Å². The van der Waals surface area contributed by atoms with E-state index in [0.717, 1.165) is 0 Å². The van der Waals surface area contributed by atoms with E-state index in [-0.39, 0.29) is 35.4 Å². The van der Waals surface area contributed by atoms with Crippen molar-refractivity contribution >= 4 is 23.4 Å². The third-order valence-electron chi connectivity index (χ3n) is 2.31. The standard InChI is InChI=1S/C12H18N4O3/c1-7(2)16-9(17)4-6-15-11-10(13)8(12(18)19)3-5-14-11/h3,5,7H,4,6,13H2,1-2H3,(H,14,15)(H,16,17)(H,18,19). The molecule has 7 nitrogen and oxygen atoms in total. The summed E-state index contributed by atoms with van der Waals surface area (Å²) in [4.78, 5) is 26.2. The fraction of sp³-hybridized carbons (Fsp3) is 0.417. The van der Waals surface area contributed by atoms with Crippen molar-refractivity contribution in [3.8, 4) is 0 Å². The summed E-state index contributed by atoms with van der Waals surface area (Å²) in [6.07, 6.45) is 1.62. The van der Waals surface area contributed by atoms with Gasteiger partial charge in [-0.05, 0) is 19.9 Å². The van der Waals surface area contributed by atoms with Gasteiger partial charge in [-0.15, -0.1) is 0 Å². The smallest absolute Gasteiger partial charge is 0.337 e. The summed E-state index contributed by atoms with van der Waals surface area (Å²) in [5, 5.41) is 14.5. The first-order valence-electron chi connectivity index (χ1n) is 5.92. The topological polar surface area (TPSA) is 117 Å². The molecule has 0 bridgehead atoms. The number of nitrogens with two attached hydrogens (primary N) is 1. The molecular formula is C12H18N4O3. The summed E-state index contributed by atoms with van der Waals surface area (Å²) in [5.74, 6) is -0.923. The van der Waals surface area contributed by atoms with Crippen LogP contribution in [-0.2, 0) is 4.79 Å². The van der Waals surface area contributed by atoms with Gasteiger partial charge in [0.05, 0.1) is 11.3 Å². The highest BCUT2D eigenvalue weighted by Gasteiger charge is 2.12. The highest BCUT2D eigenvalue weighted by Crippen LogP contribution is 2.19. The van der Waals surface area contributed by atoms with Crippen molar-refractivity contribution < 1.29 is 14.7 Å². The third kappa shape index (κ3) is 4.46. The van der Waals surface area contributed by atoms with E-state index in [4.69, 9.17) is 10.8 Å². The Kier molecular flexibility index (Phi) is 5.11. The van der Waals surface area contributed by atoms with Crippen LogP contribution in [0.5, 0.6) is 0 Å². The molecule has 0 unspecified atom stereocenters. The number of aromatic carboxylic acids is 1. The maximum absolute atomic E-state index is 11.4. The zero-order valence-electron chi connectivity index (χ0n) is 10.9. The van der Waals surface area contributed by atoms with Gasteiger partial charge in [0.15, 0.2) is 0 Å². The number of carbonyl (C=O) groups excluding carboxylic acids is 1. The fourth-order valence-corrected chi connectivity index (χ4v) is 1.49. The highest BCUT2D eigenvalue weighted by molar-refractivity contribution is 5.96. The summed E-state index contributed by atoms with van der Waals surface area (Å²) in [6, 6.07) is 1.42. The molecule has 0 aromatic carbocycles. The lowest BCUT2D eigenvalue weighted by atomic mass is 10.2. The predicted octanol–water partition coefficient (Wildman–Crippen LogP) is 0.689. The van der Waals surface area contributed by atoms with Crippen LogP contribution in [0.15, 0.2) is 12.3 Å². The van der Waals surface area contributed by atoms with Gasteiger partial charge in [0, 0.05) is 25.2 Å². The molecule has 0 saturated heterocycles. The number of nitrogen functional groups attached to an aromatic ring is 1. The number of hydrogen-bond acceptors (Lipinski definition) is 5. The molecule has 1 heterocycles. The molecule has 0 aliphatic heterocycles.